The Kier molecular flexibility index (Phi) is 5.62. The highest BCUT2D eigenvalue weighted by molar-refractivity contribution is 7.85. The van der Waals surface area contributed by atoms with Gasteiger partial charge in [-0.1, -0.05) is 0 Å². The summed E-state index contributed by atoms with van der Waals surface area (Å²) in [5, 5.41) is 0. The topological polar surface area (TPSA) is 66.8 Å². The van der Waals surface area contributed by atoms with Gasteiger partial charge in [0.25, 0.3) is 10.1 Å². The smallest absolute Gasteiger partial charge is 0.264 e. The Bertz CT molecular complexity index is 513. The van der Waals surface area contributed by atoms with Gasteiger partial charge in [0.05, 0.1) is 12.9 Å². The summed E-state index contributed by atoms with van der Waals surface area (Å²) in [6.07, 6.45) is 0.392. The Morgan fingerprint density at radius 3 is 2.53 bits per heavy atom. The van der Waals surface area contributed by atoms with Gasteiger partial charge in [0, 0.05) is 24.8 Å². The van der Waals surface area contributed by atoms with Crippen LogP contribution in [0.5, 0.6) is 5.75 Å². The number of ether oxygens (including phenoxy) is 1. The molecule has 19 heavy (non-hydrogen) atoms. The fourth-order valence-electron chi connectivity index (χ4n) is 1.94. The van der Waals surface area contributed by atoms with E-state index in [2.05, 4.69) is 4.90 Å². The Morgan fingerprint density at radius 2 is 2.00 bits per heavy atom. The van der Waals surface area contributed by atoms with Crippen LogP contribution in [0.1, 0.15) is 18.9 Å². The molecule has 0 unspecified atom stereocenters. The standard InChI is InChI=1S/C13H21NO4S/c1-4-14(6-5-7-19(15,16)17)12-8-11(2)9-13(10-12)18-3/h8-10H,4-7H2,1-3H3,(H,15,16,17). The summed E-state index contributed by atoms with van der Waals surface area (Å²) < 4.78 is 35.4. The molecule has 0 aliphatic rings. The summed E-state index contributed by atoms with van der Waals surface area (Å²) in [5.41, 5.74) is 2.08. The molecule has 0 amide bonds. The molecule has 1 rings (SSSR count). The largest absolute Gasteiger partial charge is 0.497 e. The number of rotatable bonds is 7. The molecule has 0 spiro atoms. The fraction of sp³-hybridized carbons (Fsp3) is 0.538. The van der Waals surface area contributed by atoms with Gasteiger partial charge in [-0.25, -0.2) is 0 Å². The fourth-order valence-corrected chi connectivity index (χ4v) is 2.43. The minimum atomic E-state index is -3.88. The Morgan fingerprint density at radius 1 is 1.32 bits per heavy atom. The minimum absolute atomic E-state index is 0.216. The van der Waals surface area contributed by atoms with Crippen LogP contribution in [0.15, 0.2) is 18.2 Å². The van der Waals surface area contributed by atoms with Crippen molar-refractivity contribution in [2.75, 3.05) is 30.9 Å². The van der Waals surface area contributed by atoms with E-state index in [1.54, 1.807) is 7.11 Å². The van der Waals surface area contributed by atoms with E-state index in [-0.39, 0.29) is 5.75 Å². The minimum Gasteiger partial charge on any atom is -0.497 e. The van der Waals surface area contributed by atoms with E-state index in [0.717, 1.165) is 23.5 Å². The van der Waals surface area contributed by atoms with Gasteiger partial charge in [0.1, 0.15) is 5.75 Å². The molecule has 0 atom stereocenters. The number of methoxy groups -OCH3 is 1. The quantitative estimate of drug-likeness (QED) is 0.778. The molecule has 1 aromatic carbocycles. The van der Waals surface area contributed by atoms with Crippen LogP contribution in [0.3, 0.4) is 0 Å². The van der Waals surface area contributed by atoms with Crippen LogP contribution < -0.4 is 9.64 Å². The molecule has 108 valence electrons. The summed E-state index contributed by atoms with van der Waals surface area (Å²) in [7, 11) is -2.26. The van der Waals surface area contributed by atoms with Crippen molar-refractivity contribution < 1.29 is 17.7 Å². The van der Waals surface area contributed by atoms with Gasteiger partial charge in [-0.15, -0.1) is 0 Å². The highest BCUT2D eigenvalue weighted by atomic mass is 32.2. The van der Waals surface area contributed by atoms with Crippen molar-refractivity contribution in [2.45, 2.75) is 20.3 Å². The summed E-state index contributed by atoms with van der Waals surface area (Å²) in [5.74, 6) is 0.565. The zero-order valence-corrected chi connectivity index (χ0v) is 12.4. The first kappa shape index (κ1) is 15.8. The van der Waals surface area contributed by atoms with Gasteiger partial charge < -0.3 is 9.64 Å². The molecule has 5 nitrogen and oxygen atoms in total. The molecule has 0 heterocycles. The van der Waals surface area contributed by atoms with Crippen LogP contribution in [0.2, 0.25) is 0 Å². The lowest BCUT2D eigenvalue weighted by molar-refractivity contribution is 0.414. The lowest BCUT2D eigenvalue weighted by Crippen LogP contribution is -2.25. The zero-order valence-electron chi connectivity index (χ0n) is 11.6. The molecule has 0 aromatic heterocycles. The van der Waals surface area contributed by atoms with Crippen LogP contribution in [0.25, 0.3) is 0 Å². The summed E-state index contributed by atoms with van der Waals surface area (Å²) in [6, 6.07) is 5.89. The zero-order chi connectivity index (χ0) is 14.5. The first-order valence-corrected chi connectivity index (χ1v) is 7.82. The third kappa shape index (κ3) is 5.48. The normalized spacial score (nSPS) is 11.4. The Hall–Kier alpha value is -1.27. The van der Waals surface area contributed by atoms with E-state index in [1.807, 2.05) is 32.0 Å². The molecule has 0 bridgehead atoms. The number of hydrogen-bond donors (Lipinski definition) is 1. The molecule has 0 saturated carbocycles. The predicted octanol–water partition coefficient (Wildman–Crippen LogP) is 2.11. The van der Waals surface area contributed by atoms with Crippen LogP contribution in [-0.2, 0) is 10.1 Å². The van der Waals surface area contributed by atoms with Crippen molar-refractivity contribution in [2.24, 2.45) is 0 Å². The first-order valence-electron chi connectivity index (χ1n) is 6.21. The van der Waals surface area contributed by atoms with Crippen molar-refractivity contribution in [3.63, 3.8) is 0 Å². The van der Waals surface area contributed by atoms with Gasteiger partial charge in [-0.3, -0.25) is 4.55 Å². The average Bonchev–Trinajstić information content (AvgIpc) is 2.32. The monoisotopic (exact) mass is 287 g/mol. The van der Waals surface area contributed by atoms with Crippen LogP contribution in [0, 0.1) is 6.92 Å². The number of nitrogens with zero attached hydrogens (tertiary/aromatic N) is 1. The summed E-state index contributed by atoms with van der Waals surface area (Å²) in [6.45, 7) is 5.32. The van der Waals surface area contributed by atoms with E-state index in [9.17, 15) is 8.42 Å². The van der Waals surface area contributed by atoms with Crippen LogP contribution >= 0.6 is 0 Å². The van der Waals surface area contributed by atoms with Gasteiger partial charge in [-0.2, -0.15) is 8.42 Å². The average molecular weight is 287 g/mol. The summed E-state index contributed by atoms with van der Waals surface area (Å²) in [4.78, 5) is 2.06. The highest BCUT2D eigenvalue weighted by Crippen LogP contribution is 2.23. The first-order chi connectivity index (χ1) is 8.85. The maximum Gasteiger partial charge on any atom is 0.264 e. The summed E-state index contributed by atoms with van der Waals surface area (Å²) >= 11 is 0. The Labute approximate surface area is 114 Å². The van der Waals surface area contributed by atoms with Gasteiger partial charge in [0.15, 0.2) is 0 Å². The maximum atomic E-state index is 10.7. The lowest BCUT2D eigenvalue weighted by Gasteiger charge is -2.23. The van der Waals surface area contributed by atoms with Crippen molar-refractivity contribution >= 4 is 15.8 Å². The van der Waals surface area contributed by atoms with Gasteiger partial charge in [-0.05, 0) is 38.0 Å². The Balaban J connectivity index is 2.76. The molecular weight excluding hydrogens is 266 g/mol. The van der Waals surface area contributed by atoms with Gasteiger partial charge in [0.2, 0.25) is 0 Å². The molecular formula is C13H21NO4S. The van der Waals surface area contributed by atoms with Crippen LogP contribution in [0.4, 0.5) is 5.69 Å². The van der Waals surface area contributed by atoms with E-state index in [1.165, 1.54) is 0 Å². The number of hydrogen-bond acceptors (Lipinski definition) is 4. The van der Waals surface area contributed by atoms with Crippen molar-refractivity contribution in [1.82, 2.24) is 0 Å². The molecule has 0 fully saturated rings. The predicted molar refractivity (Wildman–Crippen MR) is 76.7 cm³/mol. The van der Waals surface area contributed by atoms with Gasteiger partial charge >= 0.3 is 0 Å². The second kappa shape index (κ2) is 6.77. The van der Waals surface area contributed by atoms with E-state index in [0.29, 0.717) is 13.0 Å². The highest BCUT2D eigenvalue weighted by Gasteiger charge is 2.09. The molecule has 0 aliphatic heterocycles. The maximum absolute atomic E-state index is 10.7. The molecule has 1 aromatic rings. The van der Waals surface area contributed by atoms with E-state index < -0.39 is 10.1 Å². The molecule has 6 heteroatoms. The second-order valence-electron chi connectivity index (χ2n) is 4.43. The third-order valence-electron chi connectivity index (χ3n) is 2.85. The molecule has 1 N–H and O–H groups in total. The number of anilines is 1. The SMILES string of the molecule is CCN(CCCS(=O)(=O)O)c1cc(C)cc(OC)c1. The number of benzene rings is 1. The second-order valence-corrected chi connectivity index (χ2v) is 6.00. The van der Waals surface area contributed by atoms with E-state index >= 15 is 0 Å². The number of aryl methyl sites for hydroxylation is 1. The molecule has 0 saturated heterocycles. The third-order valence-corrected chi connectivity index (χ3v) is 3.65. The van der Waals surface area contributed by atoms with Crippen molar-refractivity contribution in [3.8, 4) is 5.75 Å². The van der Waals surface area contributed by atoms with Crippen molar-refractivity contribution in [3.05, 3.63) is 23.8 Å². The molecule has 0 radical (unpaired) electrons. The molecule has 0 aliphatic carbocycles. The van der Waals surface area contributed by atoms with Crippen molar-refractivity contribution in [1.29, 1.82) is 0 Å². The van der Waals surface area contributed by atoms with E-state index in [4.69, 9.17) is 9.29 Å². The lowest BCUT2D eigenvalue weighted by atomic mass is 10.2. The van der Waals surface area contributed by atoms with Crippen LogP contribution in [-0.4, -0.2) is 38.9 Å².